The number of carboxylic acids is 1. The molecular formula is C17H23FO2. The second-order valence-corrected chi connectivity index (χ2v) is 6.04. The Morgan fingerprint density at radius 3 is 2.80 bits per heavy atom. The van der Waals surface area contributed by atoms with Crippen molar-refractivity contribution in [3.63, 3.8) is 0 Å². The van der Waals surface area contributed by atoms with Crippen LogP contribution >= 0.6 is 0 Å². The number of benzene rings is 1. The Balaban J connectivity index is 2.31. The molecule has 0 amide bonds. The van der Waals surface area contributed by atoms with Gasteiger partial charge in [-0.05, 0) is 43.7 Å². The van der Waals surface area contributed by atoms with Crippen LogP contribution in [0.4, 0.5) is 4.39 Å². The Bertz CT molecular complexity index is 484. The molecule has 1 aliphatic rings. The fourth-order valence-electron chi connectivity index (χ4n) is 3.51. The molecule has 1 aromatic rings. The SMILES string of the molecule is CCCC1CCC(C(=O)O)C(c2cc(C)ccc2F)C1. The Morgan fingerprint density at radius 2 is 2.15 bits per heavy atom. The highest BCUT2D eigenvalue weighted by molar-refractivity contribution is 5.71. The fourth-order valence-corrected chi connectivity index (χ4v) is 3.51. The van der Waals surface area contributed by atoms with Gasteiger partial charge in [-0.1, -0.05) is 37.5 Å². The summed E-state index contributed by atoms with van der Waals surface area (Å²) < 4.78 is 14.1. The van der Waals surface area contributed by atoms with Crippen molar-refractivity contribution in [1.82, 2.24) is 0 Å². The summed E-state index contributed by atoms with van der Waals surface area (Å²) >= 11 is 0. The van der Waals surface area contributed by atoms with Gasteiger partial charge >= 0.3 is 5.97 Å². The summed E-state index contributed by atoms with van der Waals surface area (Å²) in [4.78, 5) is 11.5. The third-order valence-electron chi connectivity index (χ3n) is 4.52. The molecule has 3 atom stereocenters. The van der Waals surface area contributed by atoms with Gasteiger partial charge in [0.25, 0.3) is 0 Å². The Morgan fingerprint density at radius 1 is 1.40 bits per heavy atom. The van der Waals surface area contributed by atoms with Crippen LogP contribution in [0, 0.1) is 24.6 Å². The van der Waals surface area contributed by atoms with Gasteiger partial charge in [-0.25, -0.2) is 4.39 Å². The van der Waals surface area contributed by atoms with E-state index in [1.54, 1.807) is 6.07 Å². The van der Waals surface area contributed by atoms with Gasteiger partial charge in [0.05, 0.1) is 5.92 Å². The smallest absolute Gasteiger partial charge is 0.307 e. The van der Waals surface area contributed by atoms with E-state index in [1.807, 2.05) is 13.0 Å². The maximum atomic E-state index is 14.1. The van der Waals surface area contributed by atoms with Crippen LogP contribution in [0.25, 0.3) is 0 Å². The van der Waals surface area contributed by atoms with Crippen LogP contribution in [0.1, 0.15) is 56.1 Å². The number of aliphatic carboxylic acids is 1. The van der Waals surface area contributed by atoms with Crippen LogP contribution in [-0.4, -0.2) is 11.1 Å². The maximum Gasteiger partial charge on any atom is 0.307 e. The molecule has 3 unspecified atom stereocenters. The minimum atomic E-state index is -0.786. The number of rotatable bonds is 4. The van der Waals surface area contributed by atoms with Crippen molar-refractivity contribution in [3.05, 3.63) is 35.1 Å². The van der Waals surface area contributed by atoms with Crippen molar-refractivity contribution in [2.75, 3.05) is 0 Å². The topological polar surface area (TPSA) is 37.3 Å². The zero-order chi connectivity index (χ0) is 14.7. The largest absolute Gasteiger partial charge is 0.481 e. The van der Waals surface area contributed by atoms with E-state index in [-0.39, 0.29) is 11.7 Å². The first kappa shape index (κ1) is 15.0. The lowest BCUT2D eigenvalue weighted by molar-refractivity contribution is -0.144. The van der Waals surface area contributed by atoms with E-state index in [0.717, 1.165) is 31.2 Å². The molecule has 0 radical (unpaired) electrons. The van der Waals surface area contributed by atoms with E-state index in [0.29, 0.717) is 17.9 Å². The molecule has 1 aromatic carbocycles. The second-order valence-electron chi connectivity index (χ2n) is 6.04. The summed E-state index contributed by atoms with van der Waals surface area (Å²) in [5.41, 5.74) is 1.58. The summed E-state index contributed by atoms with van der Waals surface area (Å²) in [6, 6.07) is 5.03. The first-order valence-electron chi connectivity index (χ1n) is 7.51. The lowest BCUT2D eigenvalue weighted by atomic mass is 9.70. The Hall–Kier alpha value is -1.38. The molecule has 0 spiro atoms. The summed E-state index contributed by atoms with van der Waals surface area (Å²) in [5.74, 6) is -1.15. The lowest BCUT2D eigenvalue weighted by Crippen LogP contribution is -2.30. The second kappa shape index (κ2) is 6.38. The molecule has 0 saturated heterocycles. The molecule has 0 bridgehead atoms. The first-order chi connectivity index (χ1) is 9.52. The van der Waals surface area contributed by atoms with Gasteiger partial charge in [0.1, 0.15) is 5.82 Å². The van der Waals surface area contributed by atoms with Gasteiger partial charge in [-0.15, -0.1) is 0 Å². The van der Waals surface area contributed by atoms with Crippen molar-refractivity contribution < 1.29 is 14.3 Å². The average Bonchev–Trinajstić information content (AvgIpc) is 2.41. The highest BCUT2D eigenvalue weighted by Crippen LogP contribution is 2.43. The summed E-state index contributed by atoms with van der Waals surface area (Å²) in [6.45, 7) is 4.07. The number of carbonyl (C=O) groups is 1. The summed E-state index contributed by atoms with van der Waals surface area (Å²) in [6.07, 6.45) is 4.62. The monoisotopic (exact) mass is 278 g/mol. The van der Waals surface area contributed by atoms with E-state index in [9.17, 15) is 14.3 Å². The maximum absolute atomic E-state index is 14.1. The van der Waals surface area contributed by atoms with Crippen LogP contribution < -0.4 is 0 Å². The molecule has 1 fully saturated rings. The van der Waals surface area contributed by atoms with Crippen LogP contribution in [0.15, 0.2) is 18.2 Å². The Labute approximate surface area is 120 Å². The molecule has 0 aliphatic heterocycles. The third kappa shape index (κ3) is 3.20. The van der Waals surface area contributed by atoms with Gasteiger partial charge in [0.2, 0.25) is 0 Å². The fraction of sp³-hybridized carbons (Fsp3) is 0.588. The van der Waals surface area contributed by atoms with Crippen molar-refractivity contribution in [3.8, 4) is 0 Å². The normalized spacial score (nSPS) is 26.4. The molecule has 1 aliphatic carbocycles. The van der Waals surface area contributed by atoms with Gasteiger partial charge in [-0.2, -0.15) is 0 Å². The highest BCUT2D eigenvalue weighted by atomic mass is 19.1. The number of hydrogen-bond donors (Lipinski definition) is 1. The Kier molecular flexibility index (Phi) is 4.79. The molecule has 1 N–H and O–H groups in total. The average molecular weight is 278 g/mol. The molecule has 3 heteroatoms. The first-order valence-corrected chi connectivity index (χ1v) is 7.51. The number of carboxylic acid groups (broad SMARTS) is 1. The molecule has 0 aromatic heterocycles. The van der Waals surface area contributed by atoms with Crippen LogP contribution in [0.2, 0.25) is 0 Å². The van der Waals surface area contributed by atoms with Gasteiger partial charge in [0, 0.05) is 5.92 Å². The molecule has 1 saturated carbocycles. The predicted molar refractivity (Wildman–Crippen MR) is 77.3 cm³/mol. The minimum Gasteiger partial charge on any atom is -0.481 e. The van der Waals surface area contributed by atoms with Crippen molar-refractivity contribution in [2.45, 2.75) is 51.9 Å². The predicted octanol–water partition coefficient (Wildman–Crippen LogP) is 4.52. The van der Waals surface area contributed by atoms with Gasteiger partial charge < -0.3 is 5.11 Å². The molecular weight excluding hydrogens is 255 g/mol. The lowest BCUT2D eigenvalue weighted by Gasteiger charge is -2.34. The van der Waals surface area contributed by atoms with Crippen molar-refractivity contribution in [2.24, 2.45) is 11.8 Å². The molecule has 2 rings (SSSR count). The van der Waals surface area contributed by atoms with Crippen molar-refractivity contribution >= 4 is 5.97 Å². The van der Waals surface area contributed by atoms with Crippen LogP contribution in [-0.2, 0) is 4.79 Å². The molecule has 2 nitrogen and oxygen atoms in total. The number of halogens is 1. The molecule has 110 valence electrons. The quantitative estimate of drug-likeness (QED) is 0.879. The zero-order valence-corrected chi connectivity index (χ0v) is 12.2. The summed E-state index contributed by atoms with van der Waals surface area (Å²) in [7, 11) is 0. The third-order valence-corrected chi connectivity index (χ3v) is 4.52. The van der Waals surface area contributed by atoms with Gasteiger partial charge in [0.15, 0.2) is 0 Å². The number of hydrogen-bond acceptors (Lipinski definition) is 1. The van der Waals surface area contributed by atoms with E-state index in [4.69, 9.17) is 0 Å². The standard InChI is InChI=1S/C17H23FO2/c1-3-4-12-6-7-13(17(19)20)14(10-12)15-9-11(2)5-8-16(15)18/h5,8-9,12-14H,3-4,6-7,10H2,1-2H3,(H,19,20). The summed E-state index contributed by atoms with van der Waals surface area (Å²) in [5, 5.41) is 9.42. The highest BCUT2D eigenvalue weighted by Gasteiger charge is 2.36. The van der Waals surface area contributed by atoms with Gasteiger partial charge in [-0.3, -0.25) is 4.79 Å². The van der Waals surface area contributed by atoms with E-state index < -0.39 is 11.9 Å². The molecule has 20 heavy (non-hydrogen) atoms. The minimum absolute atomic E-state index is 0.183. The van der Waals surface area contributed by atoms with E-state index >= 15 is 0 Å². The van der Waals surface area contributed by atoms with Crippen LogP contribution in [0.3, 0.4) is 0 Å². The van der Waals surface area contributed by atoms with E-state index in [1.165, 1.54) is 6.07 Å². The molecule has 0 heterocycles. The number of aryl methyl sites for hydroxylation is 1. The zero-order valence-electron chi connectivity index (χ0n) is 12.2. The van der Waals surface area contributed by atoms with Crippen molar-refractivity contribution in [1.29, 1.82) is 0 Å². The van der Waals surface area contributed by atoms with Crippen LogP contribution in [0.5, 0.6) is 0 Å². The van der Waals surface area contributed by atoms with E-state index in [2.05, 4.69) is 6.92 Å².